The molecule has 0 fully saturated rings. The minimum Gasteiger partial charge on any atom is -0.496 e. The lowest BCUT2D eigenvalue weighted by molar-refractivity contribution is -0.117. The maximum atomic E-state index is 12.5. The van der Waals surface area contributed by atoms with E-state index < -0.39 is 0 Å². The molecule has 0 N–H and O–H groups in total. The first-order chi connectivity index (χ1) is 12.0. The number of ether oxygens (including phenoxy) is 1. The molecule has 0 saturated carbocycles. The van der Waals surface area contributed by atoms with Crippen molar-refractivity contribution >= 4 is 16.6 Å². The molecule has 0 amide bonds. The predicted molar refractivity (Wildman–Crippen MR) is 97.1 cm³/mol. The molecule has 0 atom stereocenters. The number of ketones is 1. The Labute approximate surface area is 145 Å². The molecule has 5 heteroatoms. The number of hydrogen-bond acceptors (Lipinski definition) is 4. The zero-order valence-electron chi connectivity index (χ0n) is 14.6. The number of aromatic nitrogens is 2. The molecular formula is C20H20N2O3. The molecule has 2 aromatic carbocycles. The van der Waals surface area contributed by atoms with Gasteiger partial charge in [-0.05, 0) is 30.2 Å². The predicted octanol–water partition coefficient (Wildman–Crippen LogP) is 2.60. The van der Waals surface area contributed by atoms with Crippen molar-refractivity contribution in [2.75, 3.05) is 7.11 Å². The van der Waals surface area contributed by atoms with Crippen LogP contribution in [0.15, 0.2) is 47.3 Å². The fourth-order valence-corrected chi connectivity index (χ4v) is 2.96. The second-order valence-electron chi connectivity index (χ2n) is 6.12. The van der Waals surface area contributed by atoms with Crippen LogP contribution in [0.1, 0.15) is 16.8 Å². The highest BCUT2D eigenvalue weighted by molar-refractivity contribution is 5.90. The van der Waals surface area contributed by atoms with Gasteiger partial charge < -0.3 is 4.74 Å². The molecule has 25 heavy (non-hydrogen) atoms. The molecule has 128 valence electrons. The second kappa shape index (κ2) is 6.89. The second-order valence-corrected chi connectivity index (χ2v) is 6.12. The van der Waals surface area contributed by atoms with Gasteiger partial charge in [-0.1, -0.05) is 30.3 Å². The number of aryl methyl sites for hydroxylation is 2. The van der Waals surface area contributed by atoms with Gasteiger partial charge in [0.15, 0.2) is 0 Å². The minimum atomic E-state index is -0.157. The smallest absolute Gasteiger partial charge is 0.274 e. The number of fused-ring (bicyclic) bond motifs is 1. The van der Waals surface area contributed by atoms with Gasteiger partial charge in [-0.2, -0.15) is 5.10 Å². The van der Waals surface area contributed by atoms with Crippen molar-refractivity contribution in [3.8, 4) is 5.75 Å². The van der Waals surface area contributed by atoms with Crippen molar-refractivity contribution in [3.05, 3.63) is 69.6 Å². The van der Waals surface area contributed by atoms with Crippen LogP contribution in [0.25, 0.3) is 10.8 Å². The summed E-state index contributed by atoms with van der Waals surface area (Å²) in [5, 5.41) is 5.61. The van der Waals surface area contributed by atoms with Gasteiger partial charge in [0.1, 0.15) is 11.5 Å². The van der Waals surface area contributed by atoms with Crippen LogP contribution in [0.5, 0.6) is 5.75 Å². The van der Waals surface area contributed by atoms with E-state index in [9.17, 15) is 9.59 Å². The number of carbonyl (C=O) groups excluding carboxylic acids is 1. The molecule has 0 saturated heterocycles. The topological polar surface area (TPSA) is 61.2 Å². The van der Waals surface area contributed by atoms with E-state index in [2.05, 4.69) is 5.10 Å². The van der Waals surface area contributed by atoms with E-state index in [-0.39, 0.29) is 17.8 Å². The van der Waals surface area contributed by atoms with Gasteiger partial charge in [0.05, 0.1) is 24.6 Å². The maximum absolute atomic E-state index is 12.5. The van der Waals surface area contributed by atoms with Gasteiger partial charge in [0, 0.05) is 18.9 Å². The molecule has 0 aliphatic heterocycles. The summed E-state index contributed by atoms with van der Waals surface area (Å²) in [7, 11) is 3.22. The van der Waals surface area contributed by atoms with Gasteiger partial charge in [-0.25, -0.2) is 4.68 Å². The summed E-state index contributed by atoms with van der Waals surface area (Å²) in [6.45, 7) is 1.96. The van der Waals surface area contributed by atoms with E-state index in [0.717, 1.165) is 22.3 Å². The Morgan fingerprint density at radius 2 is 1.84 bits per heavy atom. The third-order valence-corrected chi connectivity index (χ3v) is 4.27. The van der Waals surface area contributed by atoms with E-state index in [0.29, 0.717) is 17.5 Å². The summed E-state index contributed by atoms with van der Waals surface area (Å²) in [5.41, 5.74) is 2.41. The molecule has 0 aliphatic rings. The Morgan fingerprint density at radius 1 is 1.12 bits per heavy atom. The first-order valence-electron chi connectivity index (χ1n) is 8.09. The fourth-order valence-electron chi connectivity index (χ4n) is 2.96. The van der Waals surface area contributed by atoms with E-state index in [1.165, 1.54) is 4.68 Å². The zero-order chi connectivity index (χ0) is 18.0. The van der Waals surface area contributed by atoms with Crippen molar-refractivity contribution in [2.45, 2.75) is 19.8 Å². The molecule has 3 rings (SSSR count). The molecule has 1 heterocycles. The number of carbonyl (C=O) groups is 1. The van der Waals surface area contributed by atoms with E-state index in [1.807, 2.05) is 43.3 Å². The molecular weight excluding hydrogens is 316 g/mol. The van der Waals surface area contributed by atoms with Crippen LogP contribution < -0.4 is 10.3 Å². The Kier molecular flexibility index (Phi) is 4.65. The Hall–Kier alpha value is -2.95. The molecule has 0 bridgehead atoms. The van der Waals surface area contributed by atoms with Crippen molar-refractivity contribution in [1.29, 1.82) is 0 Å². The van der Waals surface area contributed by atoms with E-state index in [1.54, 1.807) is 20.2 Å². The van der Waals surface area contributed by atoms with Crippen LogP contribution in [0.2, 0.25) is 0 Å². The maximum Gasteiger partial charge on any atom is 0.274 e. The third kappa shape index (κ3) is 3.45. The molecule has 0 radical (unpaired) electrons. The molecule has 3 aromatic rings. The fraction of sp³-hybridized carbons (Fsp3) is 0.250. The highest BCUT2D eigenvalue weighted by Crippen LogP contribution is 2.20. The van der Waals surface area contributed by atoms with Crippen LogP contribution in [-0.4, -0.2) is 22.7 Å². The molecule has 0 aliphatic carbocycles. The summed E-state index contributed by atoms with van der Waals surface area (Å²) in [6.07, 6.45) is 0.486. The Balaban J connectivity index is 1.88. The number of benzene rings is 2. The van der Waals surface area contributed by atoms with Gasteiger partial charge >= 0.3 is 0 Å². The van der Waals surface area contributed by atoms with Gasteiger partial charge in [-0.15, -0.1) is 0 Å². The van der Waals surface area contributed by atoms with Crippen LogP contribution in [0, 0.1) is 6.92 Å². The van der Waals surface area contributed by atoms with E-state index in [4.69, 9.17) is 4.74 Å². The Bertz CT molecular complexity index is 1010. The number of hydrogen-bond donors (Lipinski definition) is 0. The SMILES string of the molecule is COc1cc(CC(=O)Cc2nn(C)c(=O)c3ccccc23)ccc1C. The van der Waals surface area contributed by atoms with E-state index >= 15 is 0 Å². The van der Waals surface area contributed by atoms with Gasteiger partial charge in [0.25, 0.3) is 5.56 Å². The third-order valence-electron chi connectivity index (χ3n) is 4.27. The Morgan fingerprint density at radius 3 is 2.56 bits per heavy atom. The van der Waals surface area contributed by atoms with Gasteiger partial charge in [-0.3, -0.25) is 9.59 Å². The zero-order valence-corrected chi connectivity index (χ0v) is 14.6. The summed E-state index contributed by atoms with van der Waals surface area (Å²) < 4.78 is 6.60. The average molecular weight is 336 g/mol. The first-order valence-corrected chi connectivity index (χ1v) is 8.09. The number of nitrogens with zero attached hydrogens (tertiary/aromatic N) is 2. The quantitative estimate of drug-likeness (QED) is 0.718. The lowest BCUT2D eigenvalue weighted by atomic mass is 10.0. The average Bonchev–Trinajstić information content (AvgIpc) is 2.61. The number of rotatable bonds is 5. The van der Waals surface area contributed by atoms with Crippen LogP contribution in [0.3, 0.4) is 0 Å². The first kappa shape index (κ1) is 16.9. The molecule has 1 aromatic heterocycles. The minimum absolute atomic E-state index is 0.0437. The number of methoxy groups -OCH3 is 1. The van der Waals surface area contributed by atoms with Crippen molar-refractivity contribution in [1.82, 2.24) is 9.78 Å². The molecule has 0 unspecified atom stereocenters. The van der Waals surface area contributed by atoms with Crippen LogP contribution >= 0.6 is 0 Å². The van der Waals surface area contributed by atoms with Crippen LogP contribution in [0.4, 0.5) is 0 Å². The highest BCUT2D eigenvalue weighted by Gasteiger charge is 2.13. The summed E-state index contributed by atoms with van der Waals surface area (Å²) in [6, 6.07) is 13.0. The standard InChI is InChI=1S/C20H20N2O3/c1-13-8-9-14(11-19(13)25-3)10-15(23)12-18-16-6-4-5-7-17(16)20(24)22(2)21-18/h4-9,11H,10,12H2,1-3H3. The van der Waals surface area contributed by atoms with Crippen molar-refractivity contribution in [2.24, 2.45) is 7.05 Å². The summed E-state index contributed by atoms with van der Waals surface area (Å²) in [5.74, 6) is 0.818. The summed E-state index contributed by atoms with van der Waals surface area (Å²) >= 11 is 0. The summed E-state index contributed by atoms with van der Waals surface area (Å²) in [4.78, 5) is 24.7. The normalized spacial score (nSPS) is 10.8. The number of Topliss-reactive ketones (excluding diaryl/α,β-unsaturated/α-hetero) is 1. The molecule has 0 spiro atoms. The van der Waals surface area contributed by atoms with Crippen molar-refractivity contribution in [3.63, 3.8) is 0 Å². The monoisotopic (exact) mass is 336 g/mol. The van der Waals surface area contributed by atoms with Gasteiger partial charge in [0.2, 0.25) is 0 Å². The highest BCUT2D eigenvalue weighted by atomic mass is 16.5. The lowest BCUT2D eigenvalue weighted by Crippen LogP contribution is -2.22. The molecule has 5 nitrogen and oxygen atoms in total. The van der Waals surface area contributed by atoms with Crippen LogP contribution in [-0.2, 0) is 24.7 Å². The van der Waals surface area contributed by atoms with Crippen molar-refractivity contribution < 1.29 is 9.53 Å². The largest absolute Gasteiger partial charge is 0.496 e. The lowest BCUT2D eigenvalue weighted by Gasteiger charge is -2.09.